The van der Waals surface area contributed by atoms with Gasteiger partial charge in [-0.1, -0.05) is 13.8 Å². The fourth-order valence-electron chi connectivity index (χ4n) is 3.30. The zero-order valence-corrected chi connectivity index (χ0v) is 12.2. The van der Waals surface area contributed by atoms with Gasteiger partial charge < -0.3 is 4.90 Å². The molecule has 1 aliphatic rings. The van der Waals surface area contributed by atoms with Gasteiger partial charge in [-0.05, 0) is 6.42 Å². The summed E-state index contributed by atoms with van der Waals surface area (Å²) in [5.74, 6) is 1.54. The van der Waals surface area contributed by atoms with Gasteiger partial charge in [0, 0.05) is 29.5 Å². The molecule has 3 heterocycles. The number of rotatable bonds is 2. The molecule has 2 aromatic rings. The van der Waals surface area contributed by atoms with Gasteiger partial charge in [-0.2, -0.15) is 0 Å². The Balaban J connectivity index is 1.83. The van der Waals surface area contributed by atoms with E-state index in [1.54, 1.807) is 21.6 Å². The second-order valence-electron chi connectivity index (χ2n) is 5.92. The van der Waals surface area contributed by atoms with Crippen LogP contribution in [0, 0.1) is 11.8 Å². The zero-order valence-electron chi connectivity index (χ0n) is 11.4. The fourth-order valence-corrected chi connectivity index (χ4v) is 4.04. The van der Waals surface area contributed by atoms with Crippen LogP contribution >= 0.6 is 11.3 Å². The Morgan fingerprint density at radius 1 is 1.42 bits per heavy atom. The van der Waals surface area contributed by atoms with E-state index in [2.05, 4.69) is 18.8 Å². The first-order chi connectivity index (χ1) is 9.11. The Morgan fingerprint density at radius 3 is 2.89 bits per heavy atom. The van der Waals surface area contributed by atoms with E-state index in [1.165, 1.54) is 30.8 Å². The minimum atomic E-state index is 0.0405. The van der Waals surface area contributed by atoms with Gasteiger partial charge >= 0.3 is 0 Å². The van der Waals surface area contributed by atoms with Crippen LogP contribution in [0.4, 0.5) is 0 Å². The van der Waals surface area contributed by atoms with Crippen LogP contribution in [0.2, 0.25) is 0 Å². The summed E-state index contributed by atoms with van der Waals surface area (Å²) < 4.78 is 1.62. The molecule has 19 heavy (non-hydrogen) atoms. The van der Waals surface area contributed by atoms with Gasteiger partial charge in [0.25, 0.3) is 5.56 Å². The maximum atomic E-state index is 12.0. The molecule has 0 aromatic carbocycles. The Kier molecular flexibility index (Phi) is 3.41. The van der Waals surface area contributed by atoms with Crippen LogP contribution in [0.15, 0.2) is 22.4 Å². The molecule has 2 aromatic heterocycles. The number of thiazole rings is 1. The molecule has 1 fully saturated rings. The lowest BCUT2D eigenvalue weighted by Crippen LogP contribution is -3.13. The van der Waals surface area contributed by atoms with Gasteiger partial charge in [-0.3, -0.25) is 9.20 Å². The Hall–Kier alpha value is -1.20. The average molecular weight is 278 g/mol. The third-order valence-corrected chi connectivity index (χ3v) is 4.62. The normalized spacial score (nSPS) is 27.8. The second-order valence-corrected chi connectivity index (χ2v) is 6.80. The summed E-state index contributed by atoms with van der Waals surface area (Å²) in [5, 5.41) is 1.91. The number of aromatic nitrogens is 2. The van der Waals surface area contributed by atoms with Crippen LogP contribution in [0.5, 0.6) is 0 Å². The van der Waals surface area contributed by atoms with Gasteiger partial charge in [0.2, 0.25) is 0 Å². The highest BCUT2D eigenvalue weighted by molar-refractivity contribution is 7.15. The van der Waals surface area contributed by atoms with E-state index in [-0.39, 0.29) is 5.56 Å². The monoisotopic (exact) mass is 278 g/mol. The zero-order chi connectivity index (χ0) is 13.4. The van der Waals surface area contributed by atoms with Crippen molar-refractivity contribution in [1.82, 2.24) is 9.38 Å². The summed E-state index contributed by atoms with van der Waals surface area (Å²) in [6.07, 6.45) is 3.11. The number of likely N-dealkylation sites (tertiary alicyclic amines) is 1. The van der Waals surface area contributed by atoms with Gasteiger partial charge in [-0.15, -0.1) is 11.3 Å². The van der Waals surface area contributed by atoms with Crippen molar-refractivity contribution in [2.24, 2.45) is 11.8 Å². The summed E-state index contributed by atoms with van der Waals surface area (Å²) in [4.78, 5) is 18.9. The van der Waals surface area contributed by atoms with Crippen molar-refractivity contribution in [3.8, 4) is 0 Å². The molecule has 1 saturated heterocycles. The van der Waals surface area contributed by atoms with Crippen molar-refractivity contribution < 1.29 is 4.90 Å². The molecule has 0 saturated carbocycles. The number of nitrogens with zero attached hydrogens (tertiary/aromatic N) is 2. The van der Waals surface area contributed by atoms with Crippen molar-refractivity contribution in [3.05, 3.63) is 33.7 Å². The lowest BCUT2D eigenvalue weighted by Gasteiger charge is -2.31. The lowest BCUT2D eigenvalue weighted by atomic mass is 9.92. The van der Waals surface area contributed by atoms with Gasteiger partial charge in [0.1, 0.15) is 12.2 Å². The standard InChI is InChI=1S/C14H19N3OS/c1-10-5-11(2)8-16(7-10)9-12-6-13(18)17-3-4-19-14(17)15-12/h3-4,6,10-11H,5,7-9H2,1-2H3/p+1/t10-,11-/m0/s1. The van der Waals surface area contributed by atoms with Gasteiger partial charge in [0.05, 0.1) is 13.1 Å². The Labute approximate surface area is 116 Å². The topological polar surface area (TPSA) is 38.8 Å². The van der Waals surface area contributed by atoms with Crippen LogP contribution in [0.25, 0.3) is 4.96 Å². The van der Waals surface area contributed by atoms with Crippen LogP contribution in [0.3, 0.4) is 0 Å². The van der Waals surface area contributed by atoms with Crippen LogP contribution in [-0.2, 0) is 6.54 Å². The SMILES string of the molecule is C[C@H]1C[C@H](C)C[NH+](Cc2cc(=O)n3ccsc3n2)C1. The molecule has 0 aliphatic carbocycles. The van der Waals surface area contributed by atoms with Crippen LogP contribution in [-0.4, -0.2) is 22.5 Å². The third kappa shape index (κ3) is 2.72. The molecule has 2 atom stereocenters. The molecular weight excluding hydrogens is 258 g/mol. The van der Waals surface area contributed by atoms with Crippen molar-refractivity contribution in [2.45, 2.75) is 26.8 Å². The molecular formula is C14H20N3OS+. The summed E-state index contributed by atoms with van der Waals surface area (Å²) in [7, 11) is 0. The van der Waals surface area contributed by atoms with E-state index < -0.39 is 0 Å². The van der Waals surface area contributed by atoms with Crippen molar-refractivity contribution in [3.63, 3.8) is 0 Å². The summed E-state index contributed by atoms with van der Waals surface area (Å²) >= 11 is 1.52. The first-order valence-corrected chi connectivity index (χ1v) is 7.79. The minimum Gasteiger partial charge on any atom is -0.329 e. The molecule has 0 spiro atoms. The van der Waals surface area contributed by atoms with Crippen molar-refractivity contribution >= 4 is 16.3 Å². The largest absolute Gasteiger partial charge is 0.329 e. The third-order valence-electron chi connectivity index (χ3n) is 3.87. The number of fused-ring (bicyclic) bond motifs is 1. The van der Waals surface area contributed by atoms with Crippen molar-refractivity contribution in [1.29, 1.82) is 0 Å². The molecule has 0 bridgehead atoms. The molecule has 1 aliphatic heterocycles. The molecule has 102 valence electrons. The second kappa shape index (κ2) is 5.06. The predicted molar refractivity (Wildman–Crippen MR) is 76.7 cm³/mol. The number of quaternary nitrogens is 1. The Bertz CT molecular complexity index is 623. The van der Waals surface area contributed by atoms with Crippen LogP contribution < -0.4 is 10.5 Å². The molecule has 3 rings (SSSR count). The molecule has 0 radical (unpaired) electrons. The molecule has 0 amide bonds. The summed E-state index contributed by atoms with van der Waals surface area (Å²) in [6.45, 7) is 7.89. The number of hydrogen-bond donors (Lipinski definition) is 1. The lowest BCUT2D eigenvalue weighted by molar-refractivity contribution is -0.926. The minimum absolute atomic E-state index is 0.0405. The number of nitrogens with one attached hydrogen (secondary N) is 1. The maximum Gasteiger partial charge on any atom is 0.258 e. The van der Waals surface area contributed by atoms with E-state index in [9.17, 15) is 4.79 Å². The Morgan fingerprint density at radius 2 is 2.16 bits per heavy atom. The van der Waals surface area contributed by atoms with Gasteiger partial charge in [-0.25, -0.2) is 4.98 Å². The first-order valence-electron chi connectivity index (χ1n) is 6.91. The first kappa shape index (κ1) is 12.8. The highest BCUT2D eigenvalue weighted by Gasteiger charge is 2.25. The van der Waals surface area contributed by atoms with E-state index in [1.807, 2.05) is 5.38 Å². The highest BCUT2D eigenvalue weighted by Crippen LogP contribution is 2.12. The van der Waals surface area contributed by atoms with Crippen LogP contribution in [0.1, 0.15) is 26.0 Å². The molecule has 5 heteroatoms. The molecule has 0 unspecified atom stereocenters. The smallest absolute Gasteiger partial charge is 0.258 e. The molecule has 4 nitrogen and oxygen atoms in total. The predicted octanol–water partition coefficient (Wildman–Crippen LogP) is 0.817. The summed E-state index contributed by atoms with van der Waals surface area (Å²) in [5.41, 5.74) is 0.975. The quantitative estimate of drug-likeness (QED) is 0.883. The number of hydrogen-bond acceptors (Lipinski definition) is 3. The summed E-state index contributed by atoms with van der Waals surface area (Å²) in [6, 6.07) is 1.69. The number of piperidine rings is 1. The van der Waals surface area contributed by atoms with Gasteiger partial charge in [0.15, 0.2) is 4.96 Å². The molecule has 1 N–H and O–H groups in total. The van der Waals surface area contributed by atoms with E-state index >= 15 is 0 Å². The van der Waals surface area contributed by atoms with Crippen molar-refractivity contribution in [2.75, 3.05) is 13.1 Å². The average Bonchev–Trinajstić information content (AvgIpc) is 2.75. The van der Waals surface area contributed by atoms with E-state index in [4.69, 9.17) is 0 Å². The van der Waals surface area contributed by atoms with E-state index in [0.29, 0.717) is 0 Å². The van der Waals surface area contributed by atoms with E-state index in [0.717, 1.165) is 29.0 Å². The highest BCUT2D eigenvalue weighted by atomic mass is 32.1. The maximum absolute atomic E-state index is 12.0. The fraction of sp³-hybridized carbons (Fsp3) is 0.571.